The molecule has 1 saturated heterocycles. The van der Waals surface area contributed by atoms with Gasteiger partial charge in [0.25, 0.3) is 0 Å². The highest BCUT2D eigenvalue weighted by Crippen LogP contribution is 2.65. The number of amides is 4. The minimum Gasteiger partial charge on any atom is -0.468 e. The van der Waals surface area contributed by atoms with Crippen molar-refractivity contribution >= 4 is 39.2 Å². The Balaban J connectivity index is 1.35. The Morgan fingerprint density at radius 2 is 1.69 bits per heavy atom. The molecular weight excluding hydrogens is 636 g/mol. The fourth-order valence-electron chi connectivity index (χ4n) is 8.13. The summed E-state index contributed by atoms with van der Waals surface area (Å²) in [5.74, 6) is -1.91. The molecule has 2 heterocycles. The molecule has 1 aliphatic heterocycles. The molecule has 4 aliphatic rings. The summed E-state index contributed by atoms with van der Waals surface area (Å²) in [6.45, 7) is 12.7. The highest BCUT2D eigenvalue weighted by Gasteiger charge is 2.70. The Morgan fingerprint density at radius 1 is 1.04 bits per heavy atom. The zero-order valence-corrected chi connectivity index (χ0v) is 30.1. The first-order valence-corrected chi connectivity index (χ1v) is 18.9. The van der Waals surface area contributed by atoms with Gasteiger partial charge in [-0.1, -0.05) is 66.7 Å². The fraction of sp³-hybridized carbons (Fsp3) is 0.743. The summed E-state index contributed by atoms with van der Waals surface area (Å²) in [6.07, 6.45) is 6.98. The minimum atomic E-state index is -3.79. The van der Waals surface area contributed by atoms with Crippen LogP contribution in [0.1, 0.15) is 98.7 Å². The lowest BCUT2D eigenvalue weighted by molar-refractivity contribution is -0.145. The van der Waals surface area contributed by atoms with E-state index in [-0.39, 0.29) is 33.8 Å². The predicted octanol–water partition coefficient (Wildman–Crippen LogP) is 3.70. The fourth-order valence-corrected chi connectivity index (χ4v) is 10.1. The Kier molecular flexibility index (Phi) is 9.70. The van der Waals surface area contributed by atoms with Crippen LogP contribution in [0.15, 0.2) is 21.6 Å². The molecule has 0 spiro atoms. The van der Waals surface area contributed by atoms with Gasteiger partial charge in [0, 0.05) is 13.5 Å². The number of aryl methyl sites for hydroxylation is 1. The van der Waals surface area contributed by atoms with Crippen LogP contribution >= 0.6 is 0 Å². The molecule has 4 fully saturated rings. The lowest BCUT2D eigenvalue weighted by atomic mass is 9.83. The van der Waals surface area contributed by atoms with Gasteiger partial charge in [-0.25, -0.2) is 13.2 Å². The molecule has 12 nitrogen and oxygen atoms in total. The molecule has 3 N–H and O–H groups in total. The lowest BCUT2D eigenvalue weighted by Crippen LogP contribution is -2.63. The molecule has 0 radical (unpaired) electrons. The summed E-state index contributed by atoms with van der Waals surface area (Å²) in [4.78, 5) is 68.5. The summed E-state index contributed by atoms with van der Waals surface area (Å²) >= 11 is 0. The van der Waals surface area contributed by atoms with Crippen molar-refractivity contribution in [2.75, 3.05) is 12.3 Å². The van der Waals surface area contributed by atoms with E-state index >= 15 is 0 Å². The van der Waals surface area contributed by atoms with Crippen LogP contribution in [0.2, 0.25) is 0 Å². The normalized spacial score (nSPS) is 25.7. The van der Waals surface area contributed by atoms with Gasteiger partial charge in [-0.05, 0) is 60.8 Å². The van der Waals surface area contributed by atoms with Crippen molar-refractivity contribution in [3.05, 3.63) is 18.1 Å². The molecule has 1 aromatic heterocycles. The van der Waals surface area contributed by atoms with Crippen molar-refractivity contribution in [1.82, 2.24) is 20.9 Å². The van der Waals surface area contributed by atoms with Crippen molar-refractivity contribution in [2.24, 2.45) is 28.6 Å². The van der Waals surface area contributed by atoms with E-state index in [0.29, 0.717) is 31.6 Å². The van der Waals surface area contributed by atoms with Gasteiger partial charge in [0.2, 0.25) is 17.6 Å². The Labute approximate surface area is 283 Å². The van der Waals surface area contributed by atoms with E-state index in [0.717, 1.165) is 32.1 Å². The molecule has 3 unspecified atom stereocenters. The second kappa shape index (κ2) is 12.9. The number of likely N-dealkylation sites (tertiary alicyclic amines) is 1. The summed E-state index contributed by atoms with van der Waals surface area (Å²) in [7, 11) is -3.79. The molecule has 3 saturated carbocycles. The van der Waals surface area contributed by atoms with Gasteiger partial charge in [0.15, 0.2) is 15.6 Å². The number of carbonyl (C=O) groups excluding carboxylic acids is 5. The van der Waals surface area contributed by atoms with E-state index in [2.05, 4.69) is 29.8 Å². The second-order valence-electron chi connectivity index (χ2n) is 16.4. The highest BCUT2D eigenvalue weighted by molar-refractivity contribution is 7.91. The van der Waals surface area contributed by atoms with Crippen LogP contribution in [0.4, 0.5) is 4.79 Å². The number of urea groups is 1. The Hall–Kier alpha value is -3.22. The van der Waals surface area contributed by atoms with E-state index in [4.69, 9.17) is 4.42 Å². The molecule has 4 amide bonds. The molecule has 5 atom stereocenters. The SMILES string of the molecule is CC(=O)C(=O)C(CC1CC1)NC(=O)[C@@H]1C2C(CN1C(=O)[C@@H](NC(=O)NC1(CS(=O)(=O)c3ccoc3C)CCCCC1)C(C)(C)C)C2(C)C. The van der Waals surface area contributed by atoms with Crippen molar-refractivity contribution in [3.63, 3.8) is 0 Å². The number of furan rings is 1. The van der Waals surface area contributed by atoms with Crippen molar-refractivity contribution < 1.29 is 36.8 Å². The van der Waals surface area contributed by atoms with Crippen LogP contribution in [0.25, 0.3) is 0 Å². The maximum absolute atomic E-state index is 14.4. The van der Waals surface area contributed by atoms with E-state index in [9.17, 15) is 32.4 Å². The number of hydrogen-bond donors (Lipinski definition) is 3. The zero-order valence-electron chi connectivity index (χ0n) is 29.3. The molecular formula is C35H52N4O8S. The molecule has 266 valence electrons. The van der Waals surface area contributed by atoms with Crippen LogP contribution in [0, 0.1) is 35.5 Å². The number of carbonyl (C=O) groups is 5. The van der Waals surface area contributed by atoms with Crippen LogP contribution < -0.4 is 16.0 Å². The molecule has 48 heavy (non-hydrogen) atoms. The summed E-state index contributed by atoms with van der Waals surface area (Å²) < 4.78 is 32.2. The third-order valence-electron chi connectivity index (χ3n) is 11.2. The number of sulfone groups is 1. The first-order valence-electron chi connectivity index (χ1n) is 17.3. The van der Waals surface area contributed by atoms with E-state index in [1.165, 1.54) is 24.2 Å². The summed E-state index contributed by atoms with van der Waals surface area (Å²) in [5, 5.41) is 8.69. The first kappa shape index (κ1) is 36.1. The van der Waals surface area contributed by atoms with Crippen LogP contribution in [0.5, 0.6) is 0 Å². The number of hydrogen-bond acceptors (Lipinski definition) is 8. The molecule has 13 heteroatoms. The monoisotopic (exact) mass is 688 g/mol. The van der Waals surface area contributed by atoms with Gasteiger partial charge in [-0.15, -0.1) is 0 Å². The van der Waals surface area contributed by atoms with E-state index in [1.54, 1.807) is 6.92 Å². The number of rotatable bonds is 12. The third-order valence-corrected chi connectivity index (χ3v) is 13.2. The topological polar surface area (TPSA) is 172 Å². The Bertz CT molecular complexity index is 1560. The first-order chi connectivity index (χ1) is 22.3. The maximum atomic E-state index is 14.4. The second-order valence-corrected chi connectivity index (χ2v) is 18.3. The number of ketones is 2. The van der Waals surface area contributed by atoms with Gasteiger partial charge < -0.3 is 25.3 Å². The quantitative estimate of drug-likeness (QED) is 0.279. The van der Waals surface area contributed by atoms with Gasteiger partial charge in [-0.3, -0.25) is 19.2 Å². The predicted molar refractivity (Wildman–Crippen MR) is 177 cm³/mol. The van der Waals surface area contributed by atoms with Gasteiger partial charge in [0.05, 0.1) is 23.6 Å². The zero-order chi connectivity index (χ0) is 35.4. The van der Waals surface area contributed by atoms with Crippen LogP contribution in [-0.4, -0.2) is 78.7 Å². The standard InChI is InChI=1S/C35H52N4O8S/c1-20(40)28(41)24(17-22-11-12-22)36-30(42)27-26-23(34(26,6)7)18-39(27)31(43)29(33(3,4)5)37-32(44)38-35(14-9-8-10-15-35)19-48(45,46)25-13-16-47-21(25)2/h13,16,22-24,26-27,29H,8-12,14-15,17-19H2,1-7H3,(H,36,42)(H2,37,38,44)/t23?,24?,26?,27-,29+/m0/s1. The number of nitrogens with zero attached hydrogens (tertiary/aromatic N) is 1. The maximum Gasteiger partial charge on any atom is 0.315 e. The summed E-state index contributed by atoms with van der Waals surface area (Å²) in [5.41, 5.74) is -1.99. The molecule has 5 rings (SSSR count). The average molecular weight is 689 g/mol. The van der Waals surface area contributed by atoms with Crippen LogP contribution in [0.3, 0.4) is 0 Å². The average Bonchev–Trinajstić information content (AvgIpc) is 3.73. The van der Waals surface area contributed by atoms with Crippen molar-refractivity contribution in [3.8, 4) is 0 Å². The third kappa shape index (κ3) is 7.35. The number of piperidine rings is 1. The molecule has 0 bridgehead atoms. The van der Waals surface area contributed by atoms with Crippen molar-refractivity contribution in [1.29, 1.82) is 0 Å². The minimum absolute atomic E-state index is 0.0686. The van der Waals surface area contributed by atoms with E-state index in [1.807, 2.05) is 20.8 Å². The largest absolute Gasteiger partial charge is 0.468 e. The molecule has 0 aromatic carbocycles. The summed E-state index contributed by atoms with van der Waals surface area (Å²) in [6, 6.07) is -2.05. The molecule has 3 aliphatic carbocycles. The number of Topliss-reactive ketones (excluding diaryl/α,β-unsaturated/α-hetero) is 2. The van der Waals surface area contributed by atoms with Gasteiger partial charge in [0.1, 0.15) is 22.7 Å². The van der Waals surface area contributed by atoms with Gasteiger partial charge >= 0.3 is 6.03 Å². The number of fused-ring (bicyclic) bond motifs is 1. The molecule has 1 aromatic rings. The Morgan fingerprint density at radius 3 is 2.23 bits per heavy atom. The lowest BCUT2D eigenvalue weighted by Gasteiger charge is -2.40. The van der Waals surface area contributed by atoms with E-state index < -0.39 is 68.3 Å². The number of nitrogens with one attached hydrogen (secondary N) is 3. The van der Waals surface area contributed by atoms with Gasteiger partial charge in [-0.2, -0.15) is 0 Å². The van der Waals surface area contributed by atoms with Crippen molar-refractivity contribution in [2.45, 2.75) is 128 Å². The highest BCUT2D eigenvalue weighted by atomic mass is 32.2. The smallest absolute Gasteiger partial charge is 0.315 e. The van der Waals surface area contributed by atoms with Crippen LogP contribution in [-0.2, 0) is 29.0 Å².